The summed E-state index contributed by atoms with van der Waals surface area (Å²) in [5.41, 5.74) is 2.34. The second kappa shape index (κ2) is 5.18. The van der Waals surface area contributed by atoms with Crippen LogP contribution in [0.4, 0.5) is 0 Å². The monoisotopic (exact) mass is 247 g/mol. The fraction of sp³-hybridized carbons (Fsp3) is 0.385. The molecule has 0 saturated heterocycles. The van der Waals surface area contributed by atoms with Gasteiger partial charge in [-0.05, 0) is 18.1 Å². The first-order valence-electron chi connectivity index (χ1n) is 5.87. The molecule has 2 aromatic rings. The van der Waals surface area contributed by atoms with Crippen LogP contribution in [0.5, 0.6) is 5.75 Å². The summed E-state index contributed by atoms with van der Waals surface area (Å²) in [6.07, 6.45) is 0. The Labute approximate surface area is 106 Å². The molecule has 96 valence electrons. The molecule has 1 heterocycles. The lowest BCUT2D eigenvalue weighted by Crippen LogP contribution is -2.07. The first kappa shape index (κ1) is 12.6. The third kappa shape index (κ3) is 2.09. The van der Waals surface area contributed by atoms with Crippen LogP contribution in [-0.4, -0.2) is 27.2 Å². The molecular weight excluding hydrogens is 230 g/mol. The van der Waals surface area contributed by atoms with Crippen molar-refractivity contribution < 1.29 is 9.84 Å². The van der Waals surface area contributed by atoms with Gasteiger partial charge in [0.05, 0.1) is 19.4 Å². The highest BCUT2D eigenvalue weighted by Crippen LogP contribution is 2.27. The molecule has 1 aromatic carbocycles. The molecule has 2 rings (SSSR count). The van der Waals surface area contributed by atoms with Crippen molar-refractivity contribution in [1.82, 2.24) is 15.0 Å². The largest absolute Gasteiger partial charge is 0.494 e. The molecule has 0 radical (unpaired) electrons. The van der Waals surface area contributed by atoms with Crippen molar-refractivity contribution in [3.8, 4) is 11.4 Å². The highest BCUT2D eigenvalue weighted by Gasteiger charge is 2.18. The van der Waals surface area contributed by atoms with Gasteiger partial charge in [0.1, 0.15) is 17.1 Å². The van der Waals surface area contributed by atoms with E-state index in [-0.39, 0.29) is 12.5 Å². The molecule has 0 saturated carbocycles. The number of aliphatic hydroxyl groups is 1. The van der Waals surface area contributed by atoms with E-state index in [1.54, 1.807) is 11.8 Å². The number of rotatable bonds is 4. The second-order valence-electron chi connectivity index (χ2n) is 4.32. The van der Waals surface area contributed by atoms with Crippen LogP contribution in [-0.2, 0) is 6.61 Å². The summed E-state index contributed by atoms with van der Waals surface area (Å²) < 4.78 is 7.06. The van der Waals surface area contributed by atoms with E-state index >= 15 is 0 Å². The summed E-state index contributed by atoms with van der Waals surface area (Å²) in [5, 5.41) is 17.4. The third-order valence-corrected chi connectivity index (χ3v) is 2.79. The maximum atomic E-state index is 9.31. The third-order valence-electron chi connectivity index (χ3n) is 2.79. The zero-order valence-electron chi connectivity index (χ0n) is 10.8. The van der Waals surface area contributed by atoms with Gasteiger partial charge < -0.3 is 9.84 Å². The standard InChI is InChI=1S/C13H17N3O2/c1-9(2)13-10(8-17)14-15-16(13)11-6-4-5-7-12(11)18-3/h4-7,9,17H,8H2,1-3H3. The number of ether oxygens (including phenoxy) is 1. The van der Waals surface area contributed by atoms with E-state index in [1.165, 1.54) is 0 Å². The highest BCUT2D eigenvalue weighted by molar-refractivity contribution is 5.47. The number of hydrogen-bond donors (Lipinski definition) is 1. The fourth-order valence-corrected chi connectivity index (χ4v) is 1.99. The normalized spacial score (nSPS) is 10.9. The lowest BCUT2D eigenvalue weighted by molar-refractivity contribution is 0.275. The Morgan fingerprint density at radius 1 is 1.33 bits per heavy atom. The molecule has 0 aliphatic heterocycles. The molecule has 0 spiro atoms. The fourth-order valence-electron chi connectivity index (χ4n) is 1.99. The maximum Gasteiger partial charge on any atom is 0.144 e. The number of para-hydroxylation sites is 2. The Morgan fingerprint density at radius 3 is 2.67 bits per heavy atom. The van der Waals surface area contributed by atoms with E-state index in [0.717, 1.165) is 17.1 Å². The maximum absolute atomic E-state index is 9.31. The summed E-state index contributed by atoms with van der Waals surface area (Å²) in [4.78, 5) is 0. The molecule has 0 aliphatic carbocycles. The van der Waals surface area contributed by atoms with Gasteiger partial charge in [0, 0.05) is 0 Å². The molecule has 0 fully saturated rings. The Hall–Kier alpha value is -1.88. The minimum absolute atomic E-state index is 0.108. The minimum atomic E-state index is -0.108. The van der Waals surface area contributed by atoms with Crippen molar-refractivity contribution in [2.45, 2.75) is 26.4 Å². The van der Waals surface area contributed by atoms with Gasteiger partial charge in [-0.15, -0.1) is 5.10 Å². The van der Waals surface area contributed by atoms with E-state index in [4.69, 9.17) is 4.74 Å². The van der Waals surface area contributed by atoms with Gasteiger partial charge in [-0.2, -0.15) is 0 Å². The van der Waals surface area contributed by atoms with Crippen LogP contribution < -0.4 is 4.74 Å². The van der Waals surface area contributed by atoms with Crippen LogP contribution in [0, 0.1) is 0 Å². The Bertz CT molecular complexity index is 535. The number of aliphatic hydroxyl groups excluding tert-OH is 1. The molecule has 0 unspecified atom stereocenters. The van der Waals surface area contributed by atoms with Crippen LogP contribution in [0.25, 0.3) is 5.69 Å². The topological polar surface area (TPSA) is 60.2 Å². The van der Waals surface area contributed by atoms with Gasteiger partial charge in [-0.25, -0.2) is 4.68 Å². The summed E-state index contributed by atoms with van der Waals surface area (Å²) in [7, 11) is 1.62. The van der Waals surface area contributed by atoms with Crippen LogP contribution >= 0.6 is 0 Å². The molecule has 18 heavy (non-hydrogen) atoms. The van der Waals surface area contributed by atoms with Crippen LogP contribution in [0.3, 0.4) is 0 Å². The van der Waals surface area contributed by atoms with Crippen LogP contribution in [0.1, 0.15) is 31.2 Å². The Morgan fingerprint density at radius 2 is 2.06 bits per heavy atom. The van der Waals surface area contributed by atoms with Gasteiger partial charge in [0.2, 0.25) is 0 Å². The smallest absolute Gasteiger partial charge is 0.144 e. The zero-order chi connectivity index (χ0) is 13.1. The van der Waals surface area contributed by atoms with Gasteiger partial charge in [0.15, 0.2) is 0 Å². The Balaban J connectivity index is 2.60. The molecule has 0 amide bonds. The van der Waals surface area contributed by atoms with E-state index in [9.17, 15) is 5.11 Å². The molecule has 5 heteroatoms. The van der Waals surface area contributed by atoms with Gasteiger partial charge >= 0.3 is 0 Å². The van der Waals surface area contributed by atoms with Gasteiger partial charge in [-0.3, -0.25) is 0 Å². The first-order valence-corrected chi connectivity index (χ1v) is 5.87. The summed E-state index contributed by atoms with van der Waals surface area (Å²) in [6.45, 7) is 3.98. The van der Waals surface area contributed by atoms with Crippen molar-refractivity contribution in [1.29, 1.82) is 0 Å². The molecule has 0 bridgehead atoms. The molecule has 1 N–H and O–H groups in total. The average molecular weight is 247 g/mol. The van der Waals surface area contributed by atoms with Crippen molar-refractivity contribution >= 4 is 0 Å². The van der Waals surface area contributed by atoms with Crippen molar-refractivity contribution in [2.24, 2.45) is 0 Å². The second-order valence-corrected chi connectivity index (χ2v) is 4.32. The lowest BCUT2D eigenvalue weighted by atomic mass is 10.1. The SMILES string of the molecule is COc1ccccc1-n1nnc(CO)c1C(C)C. The minimum Gasteiger partial charge on any atom is -0.494 e. The quantitative estimate of drug-likeness (QED) is 0.896. The number of benzene rings is 1. The predicted molar refractivity (Wildman–Crippen MR) is 67.9 cm³/mol. The first-order chi connectivity index (χ1) is 8.69. The van der Waals surface area contributed by atoms with Crippen molar-refractivity contribution in [3.05, 3.63) is 35.7 Å². The number of aromatic nitrogens is 3. The van der Waals surface area contributed by atoms with E-state index in [2.05, 4.69) is 10.3 Å². The average Bonchev–Trinajstić information content (AvgIpc) is 2.82. The highest BCUT2D eigenvalue weighted by atomic mass is 16.5. The van der Waals surface area contributed by atoms with E-state index in [0.29, 0.717) is 5.69 Å². The van der Waals surface area contributed by atoms with Crippen LogP contribution in [0.15, 0.2) is 24.3 Å². The summed E-state index contributed by atoms with van der Waals surface area (Å²) in [6, 6.07) is 7.61. The molecule has 0 aliphatic rings. The van der Waals surface area contributed by atoms with Crippen molar-refractivity contribution in [2.75, 3.05) is 7.11 Å². The molecular formula is C13H17N3O2. The molecule has 5 nitrogen and oxygen atoms in total. The van der Waals surface area contributed by atoms with Crippen LogP contribution in [0.2, 0.25) is 0 Å². The molecule has 0 atom stereocenters. The van der Waals surface area contributed by atoms with Crippen molar-refractivity contribution in [3.63, 3.8) is 0 Å². The number of hydrogen-bond acceptors (Lipinski definition) is 4. The van der Waals surface area contributed by atoms with E-state index in [1.807, 2.05) is 38.1 Å². The Kier molecular flexibility index (Phi) is 3.62. The van der Waals surface area contributed by atoms with E-state index < -0.39 is 0 Å². The number of methoxy groups -OCH3 is 1. The number of nitrogens with zero attached hydrogens (tertiary/aromatic N) is 3. The van der Waals surface area contributed by atoms with Gasteiger partial charge in [0.25, 0.3) is 0 Å². The summed E-state index contributed by atoms with van der Waals surface area (Å²) >= 11 is 0. The lowest BCUT2D eigenvalue weighted by Gasteiger charge is -2.13. The zero-order valence-corrected chi connectivity index (χ0v) is 10.8. The molecule has 1 aromatic heterocycles. The predicted octanol–water partition coefficient (Wildman–Crippen LogP) is 1.89. The summed E-state index contributed by atoms with van der Waals surface area (Å²) in [5.74, 6) is 0.945. The van der Waals surface area contributed by atoms with Gasteiger partial charge in [-0.1, -0.05) is 31.2 Å².